The molecule has 0 aromatic heterocycles. The molecular formula is C21H22BrN3O5S. The predicted molar refractivity (Wildman–Crippen MR) is 119 cm³/mol. The maximum absolute atomic E-state index is 13.2. The van der Waals surface area contributed by atoms with Crippen LogP contribution in [0.5, 0.6) is 0 Å². The van der Waals surface area contributed by atoms with Crippen LogP contribution in [-0.4, -0.2) is 65.5 Å². The molecule has 0 saturated carbocycles. The molecule has 2 saturated heterocycles. The van der Waals surface area contributed by atoms with Crippen LogP contribution in [0.15, 0.2) is 70.6 Å². The zero-order chi connectivity index (χ0) is 22.4. The van der Waals surface area contributed by atoms with Crippen LogP contribution < -0.4 is 0 Å². The van der Waals surface area contributed by atoms with Gasteiger partial charge in [-0.25, -0.2) is 8.42 Å². The molecule has 2 aliphatic rings. The van der Waals surface area contributed by atoms with E-state index in [0.29, 0.717) is 6.54 Å². The minimum Gasteiger partial charge on any atom is -0.395 e. The van der Waals surface area contributed by atoms with E-state index < -0.39 is 26.2 Å². The van der Waals surface area contributed by atoms with E-state index in [0.717, 1.165) is 10.0 Å². The van der Waals surface area contributed by atoms with Gasteiger partial charge in [-0.05, 0) is 23.8 Å². The highest BCUT2D eigenvalue weighted by Gasteiger charge is 2.67. The highest BCUT2D eigenvalue weighted by Crippen LogP contribution is 2.54. The maximum Gasteiger partial charge on any atom is 0.289 e. The van der Waals surface area contributed by atoms with Crippen molar-refractivity contribution in [2.24, 2.45) is 0 Å². The highest BCUT2D eigenvalue weighted by molar-refractivity contribution is 9.10. The summed E-state index contributed by atoms with van der Waals surface area (Å²) in [6.45, 7) is 4.62. The van der Waals surface area contributed by atoms with E-state index in [2.05, 4.69) is 27.4 Å². The lowest BCUT2D eigenvalue weighted by molar-refractivity contribution is -0.387. The quantitative estimate of drug-likeness (QED) is 0.351. The number of hydrogen-bond acceptors (Lipinski definition) is 6. The first-order valence-corrected chi connectivity index (χ1v) is 12.0. The van der Waals surface area contributed by atoms with Crippen LogP contribution in [0.3, 0.4) is 0 Å². The lowest BCUT2D eigenvalue weighted by atomic mass is 9.61. The van der Waals surface area contributed by atoms with Gasteiger partial charge in [0, 0.05) is 42.1 Å². The minimum absolute atomic E-state index is 0.0623. The first kappa shape index (κ1) is 22.1. The molecule has 0 amide bonds. The van der Waals surface area contributed by atoms with Crippen LogP contribution in [0.4, 0.5) is 5.69 Å². The van der Waals surface area contributed by atoms with Gasteiger partial charge in [-0.1, -0.05) is 46.3 Å². The Balaban J connectivity index is 1.67. The normalized spacial score (nSPS) is 23.2. The van der Waals surface area contributed by atoms with Crippen molar-refractivity contribution in [3.63, 3.8) is 0 Å². The summed E-state index contributed by atoms with van der Waals surface area (Å²) in [5.41, 5.74) is 0.0921. The molecule has 4 rings (SSSR count). The molecule has 10 heteroatoms. The average molecular weight is 508 g/mol. The average Bonchev–Trinajstić information content (AvgIpc) is 2.71. The third-order valence-corrected chi connectivity index (χ3v) is 8.63. The van der Waals surface area contributed by atoms with Crippen molar-refractivity contribution in [1.29, 1.82) is 0 Å². The van der Waals surface area contributed by atoms with Crippen molar-refractivity contribution in [1.82, 2.24) is 9.21 Å². The van der Waals surface area contributed by atoms with E-state index in [1.54, 1.807) is 6.08 Å². The lowest BCUT2D eigenvalue weighted by Gasteiger charge is -2.70. The topological polar surface area (TPSA) is 104 Å². The van der Waals surface area contributed by atoms with Gasteiger partial charge in [0.05, 0.1) is 17.1 Å². The van der Waals surface area contributed by atoms with Crippen molar-refractivity contribution in [2.75, 3.05) is 26.2 Å². The molecular weight excluding hydrogens is 486 g/mol. The first-order valence-electron chi connectivity index (χ1n) is 9.74. The Morgan fingerprint density at radius 2 is 1.87 bits per heavy atom. The van der Waals surface area contributed by atoms with Crippen LogP contribution >= 0.6 is 15.9 Å². The van der Waals surface area contributed by atoms with Crippen molar-refractivity contribution >= 4 is 31.6 Å². The van der Waals surface area contributed by atoms with E-state index >= 15 is 0 Å². The fourth-order valence-corrected chi connectivity index (χ4v) is 6.89. The summed E-state index contributed by atoms with van der Waals surface area (Å²) < 4.78 is 28.6. The lowest BCUT2D eigenvalue weighted by Crippen LogP contribution is -2.84. The molecule has 0 bridgehead atoms. The summed E-state index contributed by atoms with van der Waals surface area (Å²) in [7, 11) is -4.03. The van der Waals surface area contributed by atoms with Gasteiger partial charge < -0.3 is 5.11 Å². The predicted octanol–water partition coefficient (Wildman–Crippen LogP) is 2.75. The molecule has 164 valence electrons. The van der Waals surface area contributed by atoms with Gasteiger partial charge in [0.25, 0.3) is 5.69 Å². The molecule has 1 spiro atoms. The standard InChI is InChI=1S/C21H22BrN3O5S/c1-2-11-24-18(12-26)20(15-7-9-16(22)10-8-15)21(24)13-23(14-21)31(29,30)19-6-4-3-5-17(19)25(27)28/h2-10,18,20,26H,1,11-14H2/t18-,20-/m0/s1. The zero-order valence-corrected chi connectivity index (χ0v) is 19.0. The third-order valence-electron chi connectivity index (χ3n) is 6.26. The first-order chi connectivity index (χ1) is 14.8. The molecule has 0 aliphatic carbocycles. The smallest absolute Gasteiger partial charge is 0.289 e. The molecule has 31 heavy (non-hydrogen) atoms. The van der Waals surface area contributed by atoms with Gasteiger partial charge in [-0.2, -0.15) is 4.31 Å². The number of nitro benzene ring substituents is 1. The number of aliphatic hydroxyl groups is 1. The minimum atomic E-state index is -4.03. The molecule has 1 N–H and O–H groups in total. The summed E-state index contributed by atoms with van der Waals surface area (Å²) in [6, 6.07) is 13.0. The number of halogens is 1. The molecule has 0 radical (unpaired) electrons. The molecule has 2 aliphatic heterocycles. The molecule has 2 fully saturated rings. The Hall–Kier alpha value is -2.11. The van der Waals surface area contributed by atoms with Crippen molar-refractivity contribution in [3.05, 3.63) is 81.3 Å². The number of sulfonamides is 1. The van der Waals surface area contributed by atoms with E-state index in [1.807, 2.05) is 24.3 Å². The van der Waals surface area contributed by atoms with E-state index in [4.69, 9.17) is 0 Å². The molecule has 2 aromatic rings. The van der Waals surface area contributed by atoms with Crippen LogP contribution in [0.2, 0.25) is 0 Å². The van der Waals surface area contributed by atoms with Gasteiger partial charge in [0.1, 0.15) is 0 Å². The Labute approximate surface area is 189 Å². The fourth-order valence-electron chi connectivity index (χ4n) is 4.91. The summed E-state index contributed by atoms with van der Waals surface area (Å²) in [6.07, 6.45) is 1.74. The van der Waals surface area contributed by atoms with E-state index in [-0.39, 0.29) is 36.6 Å². The van der Waals surface area contributed by atoms with Crippen molar-refractivity contribution in [2.45, 2.75) is 22.4 Å². The van der Waals surface area contributed by atoms with Gasteiger partial charge >= 0.3 is 0 Å². The molecule has 2 aromatic carbocycles. The molecule has 2 heterocycles. The summed E-state index contributed by atoms with van der Waals surface area (Å²) in [5, 5.41) is 21.4. The summed E-state index contributed by atoms with van der Waals surface area (Å²) in [5.74, 6) is -0.0669. The number of nitro groups is 1. The number of nitrogens with zero attached hydrogens (tertiary/aromatic N) is 3. The second-order valence-electron chi connectivity index (χ2n) is 7.82. The third kappa shape index (κ3) is 3.42. The molecule has 2 atom stereocenters. The van der Waals surface area contributed by atoms with Crippen molar-refractivity contribution < 1.29 is 18.4 Å². The number of benzene rings is 2. The number of para-hydroxylation sites is 1. The van der Waals surface area contributed by atoms with Crippen molar-refractivity contribution in [3.8, 4) is 0 Å². The summed E-state index contributed by atoms with van der Waals surface area (Å²) >= 11 is 3.43. The second-order valence-corrected chi connectivity index (χ2v) is 10.6. The second kappa shape index (κ2) is 8.10. The Bertz CT molecular complexity index is 1120. The number of hydrogen-bond donors (Lipinski definition) is 1. The van der Waals surface area contributed by atoms with Crippen LogP contribution in [0.1, 0.15) is 11.5 Å². The SMILES string of the molecule is C=CCN1[C@@H](CO)[C@H](c2ccc(Br)cc2)C12CN(S(=O)(=O)c1ccccc1[N+](=O)[O-])C2. The van der Waals surface area contributed by atoms with E-state index in [9.17, 15) is 23.6 Å². The number of rotatable bonds is 7. The van der Waals surface area contributed by atoms with Crippen LogP contribution in [0.25, 0.3) is 0 Å². The molecule has 8 nitrogen and oxygen atoms in total. The van der Waals surface area contributed by atoms with Gasteiger partial charge in [0.15, 0.2) is 4.90 Å². The van der Waals surface area contributed by atoms with Gasteiger partial charge in [-0.3, -0.25) is 15.0 Å². The number of likely N-dealkylation sites (tertiary alicyclic amines) is 1. The van der Waals surface area contributed by atoms with Gasteiger partial charge in [-0.15, -0.1) is 6.58 Å². The number of aliphatic hydroxyl groups excluding tert-OH is 1. The fraction of sp³-hybridized carbons (Fsp3) is 0.333. The monoisotopic (exact) mass is 507 g/mol. The Morgan fingerprint density at radius 3 is 2.45 bits per heavy atom. The summed E-state index contributed by atoms with van der Waals surface area (Å²) in [4.78, 5) is 12.4. The Kier molecular flexibility index (Phi) is 5.78. The maximum atomic E-state index is 13.2. The highest BCUT2D eigenvalue weighted by atomic mass is 79.9. The Morgan fingerprint density at radius 1 is 1.23 bits per heavy atom. The van der Waals surface area contributed by atoms with Crippen LogP contribution in [0, 0.1) is 10.1 Å². The largest absolute Gasteiger partial charge is 0.395 e. The zero-order valence-electron chi connectivity index (χ0n) is 16.6. The van der Waals surface area contributed by atoms with E-state index in [1.165, 1.54) is 28.6 Å². The van der Waals surface area contributed by atoms with Crippen LogP contribution in [-0.2, 0) is 10.0 Å². The van der Waals surface area contributed by atoms with Gasteiger partial charge in [0.2, 0.25) is 10.0 Å². The molecule has 0 unspecified atom stereocenters.